The standard InChI is InChI=1S/C13H19N5O/c1-3-7-15-12-10-16-11(9-17-12)13(19)18(4-2)8-5-6-14/h9-10H,3-5,7-8H2,1-2H3,(H,15,17). The Hall–Kier alpha value is -2.16. The highest BCUT2D eigenvalue weighted by molar-refractivity contribution is 5.92. The molecule has 0 atom stereocenters. The fourth-order valence-electron chi connectivity index (χ4n) is 1.53. The van der Waals surface area contributed by atoms with E-state index in [9.17, 15) is 4.79 Å². The van der Waals surface area contributed by atoms with Crippen LogP contribution >= 0.6 is 0 Å². The van der Waals surface area contributed by atoms with Crippen molar-refractivity contribution >= 4 is 11.7 Å². The van der Waals surface area contributed by atoms with E-state index in [-0.39, 0.29) is 5.91 Å². The van der Waals surface area contributed by atoms with E-state index in [1.165, 1.54) is 6.20 Å². The Labute approximate surface area is 113 Å². The van der Waals surface area contributed by atoms with Gasteiger partial charge in [0.1, 0.15) is 11.5 Å². The van der Waals surface area contributed by atoms with Gasteiger partial charge in [0.2, 0.25) is 0 Å². The third kappa shape index (κ3) is 4.54. The SMILES string of the molecule is CCCNc1cnc(C(=O)N(CC)CCC#N)cn1. The second kappa shape index (κ2) is 8.03. The van der Waals surface area contributed by atoms with Crippen molar-refractivity contribution in [3.8, 4) is 6.07 Å². The number of nitriles is 1. The third-order valence-corrected chi connectivity index (χ3v) is 2.59. The number of aromatic nitrogens is 2. The van der Waals surface area contributed by atoms with Crippen molar-refractivity contribution in [1.29, 1.82) is 5.26 Å². The second-order valence-electron chi connectivity index (χ2n) is 4.01. The van der Waals surface area contributed by atoms with Crippen molar-refractivity contribution in [2.24, 2.45) is 0 Å². The average Bonchev–Trinajstić information content (AvgIpc) is 2.46. The maximum absolute atomic E-state index is 12.1. The molecule has 0 radical (unpaired) electrons. The molecule has 6 nitrogen and oxygen atoms in total. The van der Waals surface area contributed by atoms with E-state index >= 15 is 0 Å². The van der Waals surface area contributed by atoms with Gasteiger partial charge < -0.3 is 10.2 Å². The molecule has 1 aromatic heterocycles. The summed E-state index contributed by atoms with van der Waals surface area (Å²) >= 11 is 0. The first-order valence-electron chi connectivity index (χ1n) is 6.45. The minimum atomic E-state index is -0.188. The zero-order chi connectivity index (χ0) is 14.1. The summed E-state index contributed by atoms with van der Waals surface area (Å²) in [6.07, 6.45) is 4.35. The number of nitrogens with one attached hydrogen (secondary N) is 1. The highest BCUT2D eigenvalue weighted by Crippen LogP contribution is 2.05. The molecule has 1 aromatic rings. The van der Waals surface area contributed by atoms with Gasteiger partial charge in [0.15, 0.2) is 0 Å². The van der Waals surface area contributed by atoms with Crippen LogP contribution in [0.4, 0.5) is 5.82 Å². The normalized spacial score (nSPS) is 9.74. The summed E-state index contributed by atoms with van der Waals surface area (Å²) in [5.41, 5.74) is 0.307. The first-order chi connectivity index (χ1) is 9.22. The van der Waals surface area contributed by atoms with Crippen LogP contribution in [0, 0.1) is 11.3 Å². The van der Waals surface area contributed by atoms with Gasteiger partial charge in [-0.25, -0.2) is 9.97 Å². The van der Waals surface area contributed by atoms with E-state index in [1.54, 1.807) is 11.1 Å². The number of rotatable bonds is 7. The summed E-state index contributed by atoms with van der Waals surface area (Å²) in [5, 5.41) is 11.7. The fraction of sp³-hybridized carbons (Fsp3) is 0.538. The minimum Gasteiger partial charge on any atom is -0.369 e. The molecule has 6 heteroatoms. The van der Waals surface area contributed by atoms with E-state index < -0.39 is 0 Å². The Bertz CT molecular complexity index is 437. The van der Waals surface area contributed by atoms with Gasteiger partial charge in [-0.05, 0) is 13.3 Å². The number of carbonyl (C=O) groups is 1. The molecule has 102 valence electrons. The number of carbonyl (C=O) groups excluding carboxylic acids is 1. The van der Waals surface area contributed by atoms with E-state index in [2.05, 4.69) is 22.2 Å². The highest BCUT2D eigenvalue weighted by Gasteiger charge is 2.15. The molecule has 0 saturated carbocycles. The van der Waals surface area contributed by atoms with Crippen LogP contribution in [0.15, 0.2) is 12.4 Å². The molecular formula is C13H19N5O. The summed E-state index contributed by atoms with van der Waals surface area (Å²) in [7, 11) is 0. The predicted molar refractivity (Wildman–Crippen MR) is 72.6 cm³/mol. The molecule has 0 aliphatic heterocycles. The van der Waals surface area contributed by atoms with Gasteiger partial charge in [-0.2, -0.15) is 5.26 Å². The Morgan fingerprint density at radius 1 is 1.42 bits per heavy atom. The molecular weight excluding hydrogens is 242 g/mol. The molecule has 0 aromatic carbocycles. The van der Waals surface area contributed by atoms with Gasteiger partial charge in [0, 0.05) is 19.6 Å². The largest absolute Gasteiger partial charge is 0.369 e. The van der Waals surface area contributed by atoms with Crippen LogP contribution in [0.25, 0.3) is 0 Å². The van der Waals surface area contributed by atoms with Gasteiger partial charge in [-0.3, -0.25) is 4.79 Å². The number of amides is 1. The van der Waals surface area contributed by atoms with Gasteiger partial charge in [-0.15, -0.1) is 0 Å². The predicted octanol–water partition coefficient (Wildman–Crippen LogP) is 1.67. The van der Waals surface area contributed by atoms with Crippen molar-refractivity contribution < 1.29 is 4.79 Å². The Kier molecular flexibility index (Phi) is 6.30. The molecule has 1 N–H and O–H groups in total. The van der Waals surface area contributed by atoms with Crippen molar-refractivity contribution in [1.82, 2.24) is 14.9 Å². The summed E-state index contributed by atoms with van der Waals surface area (Å²) in [5.74, 6) is 0.478. The quantitative estimate of drug-likeness (QED) is 0.807. The Balaban J connectivity index is 2.68. The fourth-order valence-corrected chi connectivity index (χ4v) is 1.53. The van der Waals surface area contributed by atoms with Crippen LogP contribution in [-0.4, -0.2) is 40.4 Å². The smallest absolute Gasteiger partial charge is 0.274 e. The van der Waals surface area contributed by atoms with E-state index in [4.69, 9.17) is 5.26 Å². The molecule has 0 aliphatic rings. The summed E-state index contributed by atoms with van der Waals surface area (Å²) in [6, 6.07) is 2.03. The van der Waals surface area contributed by atoms with E-state index in [1.807, 2.05) is 13.0 Å². The first kappa shape index (κ1) is 14.9. The number of hydrogen-bond acceptors (Lipinski definition) is 5. The average molecular weight is 261 g/mol. The maximum Gasteiger partial charge on any atom is 0.274 e. The number of hydrogen-bond donors (Lipinski definition) is 1. The molecule has 0 fully saturated rings. The second-order valence-corrected chi connectivity index (χ2v) is 4.01. The highest BCUT2D eigenvalue weighted by atomic mass is 16.2. The van der Waals surface area contributed by atoms with Crippen LogP contribution in [-0.2, 0) is 0 Å². The topological polar surface area (TPSA) is 81.9 Å². The summed E-state index contributed by atoms with van der Waals surface area (Å²) in [4.78, 5) is 21.9. The third-order valence-electron chi connectivity index (χ3n) is 2.59. The maximum atomic E-state index is 12.1. The van der Waals surface area contributed by atoms with E-state index in [0.29, 0.717) is 31.0 Å². The molecule has 1 heterocycles. The van der Waals surface area contributed by atoms with Crippen LogP contribution in [0.2, 0.25) is 0 Å². The first-order valence-corrected chi connectivity index (χ1v) is 6.45. The zero-order valence-electron chi connectivity index (χ0n) is 11.4. The molecule has 0 bridgehead atoms. The molecule has 1 rings (SSSR count). The lowest BCUT2D eigenvalue weighted by molar-refractivity contribution is 0.0761. The molecule has 0 aliphatic carbocycles. The molecule has 0 unspecified atom stereocenters. The Morgan fingerprint density at radius 3 is 2.74 bits per heavy atom. The van der Waals surface area contributed by atoms with Gasteiger partial charge in [-0.1, -0.05) is 6.92 Å². The van der Waals surface area contributed by atoms with E-state index in [0.717, 1.165) is 13.0 Å². The molecule has 0 spiro atoms. The zero-order valence-corrected chi connectivity index (χ0v) is 11.4. The monoisotopic (exact) mass is 261 g/mol. The van der Waals surface area contributed by atoms with Gasteiger partial charge >= 0.3 is 0 Å². The van der Waals surface area contributed by atoms with Gasteiger partial charge in [0.25, 0.3) is 5.91 Å². The summed E-state index contributed by atoms with van der Waals surface area (Å²) < 4.78 is 0. The van der Waals surface area contributed by atoms with Crippen molar-refractivity contribution in [3.05, 3.63) is 18.1 Å². The number of nitrogens with zero attached hydrogens (tertiary/aromatic N) is 4. The lowest BCUT2D eigenvalue weighted by Gasteiger charge is -2.18. The van der Waals surface area contributed by atoms with Crippen LogP contribution < -0.4 is 5.32 Å². The molecule has 1 amide bonds. The molecule has 19 heavy (non-hydrogen) atoms. The number of anilines is 1. The van der Waals surface area contributed by atoms with Crippen LogP contribution in [0.5, 0.6) is 0 Å². The molecule has 0 saturated heterocycles. The van der Waals surface area contributed by atoms with Gasteiger partial charge in [0.05, 0.1) is 24.9 Å². The van der Waals surface area contributed by atoms with Crippen molar-refractivity contribution in [2.45, 2.75) is 26.7 Å². The van der Waals surface area contributed by atoms with Crippen LogP contribution in [0.3, 0.4) is 0 Å². The van der Waals surface area contributed by atoms with Crippen LogP contribution in [0.1, 0.15) is 37.2 Å². The minimum absolute atomic E-state index is 0.188. The van der Waals surface area contributed by atoms with Crippen molar-refractivity contribution in [2.75, 3.05) is 25.0 Å². The lowest BCUT2D eigenvalue weighted by Crippen LogP contribution is -2.32. The Morgan fingerprint density at radius 2 is 2.21 bits per heavy atom. The van der Waals surface area contributed by atoms with Crippen molar-refractivity contribution in [3.63, 3.8) is 0 Å². The summed E-state index contributed by atoms with van der Waals surface area (Å²) in [6.45, 7) is 5.74. The lowest BCUT2D eigenvalue weighted by atomic mass is 10.3.